The van der Waals surface area contributed by atoms with Gasteiger partial charge in [0.1, 0.15) is 15.7 Å². The Morgan fingerprint density at radius 1 is 1.40 bits per heavy atom. The van der Waals surface area contributed by atoms with E-state index in [0.29, 0.717) is 5.82 Å². The fourth-order valence-corrected chi connectivity index (χ4v) is 3.58. The van der Waals surface area contributed by atoms with Crippen LogP contribution in [0.3, 0.4) is 0 Å². The minimum absolute atomic E-state index is 0.0802. The zero-order valence-electron chi connectivity index (χ0n) is 11.0. The van der Waals surface area contributed by atoms with Gasteiger partial charge in [-0.25, -0.2) is 29.0 Å². The normalized spacial score (nSPS) is 13.2. The molecule has 20 heavy (non-hydrogen) atoms. The van der Waals surface area contributed by atoms with Crippen molar-refractivity contribution in [3.63, 3.8) is 0 Å². The molecule has 0 fully saturated rings. The van der Waals surface area contributed by atoms with E-state index in [2.05, 4.69) is 20.1 Å². The van der Waals surface area contributed by atoms with Crippen LogP contribution < -0.4 is 16.0 Å². The molecule has 0 aliphatic rings. The first-order valence-electron chi connectivity index (χ1n) is 5.79. The fraction of sp³-hybridized carbons (Fsp3) is 0.273. The van der Waals surface area contributed by atoms with Crippen molar-refractivity contribution >= 4 is 27.2 Å². The van der Waals surface area contributed by atoms with Gasteiger partial charge in [-0.3, -0.25) is 0 Å². The van der Waals surface area contributed by atoms with Gasteiger partial charge in [-0.2, -0.15) is 0 Å². The zero-order valence-corrected chi connectivity index (χ0v) is 12.6. The van der Waals surface area contributed by atoms with Crippen LogP contribution >= 0.6 is 11.3 Å². The predicted molar refractivity (Wildman–Crippen MR) is 77.6 cm³/mol. The summed E-state index contributed by atoms with van der Waals surface area (Å²) in [5.74, 6) is 5.58. The quantitative estimate of drug-likeness (QED) is 0.564. The smallest absolute Gasteiger partial charge is 0.242 e. The van der Waals surface area contributed by atoms with Crippen LogP contribution in [0, 0.1) is 6.92 Å². The summed E-state index contributed by atoms with van der Waals surface area (Å²) < 4.78 is 27.0. The minimum atomic E-state index is -3.64. The van der Waals surface area contributed by atoms with Gasteiger partial charge in [-0.1, -0.05) is 0 Å². The summed E-state index contributed by atoms with van der Waals surface area (Å²) in [6.07, 6.45) is 1.25. The Hall–Kier alpha value is -1.55. The lowest BCUT2D eigenvalue weighted by Gasteiger charge is -2.12. The maximum Gasteiger partial charge on any atom is 0.242 e. The second-order valence-electron chi connectivity index (χ2n) is 4.19. The Kier molecular flexibility index (Phi) is 4.33. The molecule has 2 aromatic rings. The third kappa shape index (κ3) is 3.31. The molecule has 2 heterocycles. The molecule has 9 heteroatoms. The number of thiazole rings is 1. The maximum atomic E-state index is 12.2. The van der Waals surface area contributed by atoms with E-state index in [-0.39, 0.29) is 4.90 Å². The van der Waals surface area contributed by atoms with Crippen molar-refractivity contribution in [2.75, 3.05) is 5.43 Å². The molecule has 0 spiro atoms. The van der Waals surface area contributed by atoms with Crippen LogP contribution in [0.5, 0.6) is 0 Å². The minimum Gasteiger partial charge on any atom is -0.308 e. The summed E-state index contributed by atoms with van der Waals surface area (Å²) in [4.78, 5) is 8.22. The van der Waals surface area contributed by atoms with E-state index in [0.717, 1.165) is 10.7 Å². The molecular weight excluding hydrogens is 298 g/mol. The molecular formula is C11H15N5O2S2. The Bertz CT molecular complexity index is 681. The lowest BCUT2D eigenvalue weighted by Crippen LogP contribution is -2.27. The van der Waals surface area contributed by atoms with Gasteiger partial charge in [0.15, 0.2) is 0 Å². The second kappa shape index (κ2) is 5.83. The summed E-state index contributed by atoms with van der Waals surface area (Å²) in [6.45, 7) is 3.61. The van der Waals surface area contributed by atoms with Crippen molar-refractivity contribution in [1.29, 1.82) is 0 Å². The molecule has 0 saturated heterocycles. The Labute approximate surface area is 121 Å². The highest BCUT2D eigenvalue weighted by Gasteiger charge is 2.20. The van der Waals surface area contributed by atoms with E-state index < -0.39 is 16.1 Å². The van der Waals surface area contributed by atoms with Crippen molar-refractivity contribution in [2.45, 2.75) is 24.8 Å². The number of nitrogen functional groups attached to an aromatic ring is 1. The number of sulfonamides is 1. The number of pyridine rings is 1. The Morgan fingerprint density at radius 2 is 2.15 bits per heavy atom. The number of nitrogens with one attached hydrogen (secondary N) is 2. The van der Waals surface area contributed by atoms with Gasteiger partial charge in [0.2, 0.25) is 10.0 Å². The van der Waals surface area contributed by atoms with Crippen LogP contribution in [0.2, 0.25) is 0 Å². The highest BCUT2D eigenvalue weighted by molar-refractivity contribution is 7.89. The number of hydrogen-bond acceptors (Lipinski definition) is 7. The third-order valence-electron chi connectivity index (χ3n) is 2.53. The van der Waals surface area contributed by atoms with Crippen LogP contribution in [0.1, 0.15) is 23.7 Å². The highest BCUT2D eigenvalue weighted by atomic mass is 32.2. The molecule has 2 rings (SSSR count). The number of anilines is 1. The van der Waals surface area contributed by atoms with Gasteiger partial charge < -0.3 is 5.43 Å². The first-order valence-corrected chi connectivity index (χ1v) is 8.15. The summed E-state index contributed by atoms with van der Waals surface area (Å²) in [5, 5.41) is 2.60. The molecule has 4 N–H and O–H groups in total. The van der Waals surface area contributed by atoms with Crippen molar-refractivity contribution in [1.82, 2.24) is 14.7 Å². The van der Waals surface area contributed by atoms with E-state index in [4.69, 9.17) is 5.84 Å². The molecule has 0 bridgehead atoms. The Balaban J connectivity index is 2.17. The lowest BCUT2D eigenvalue weighted by molar-refractivity contribution is 0.566. The Morgan fingerprint density at radius 3 is 2.65 bits per heavy atom. The topological polar surface area (TPSA) is 110 Å². The SMILES string of the molecule is Cc1csc(C(C)NS(=O)(=O)c2ccc(NN)nc2)n1. The van der Waals surface area contributed by atoms with Crippen LogP contribution in [0.25, 0.3) is 0 Å². The average Bonchev–Trinajstić information content (AvgIpc) is 2.85. The first-order chi connectivity index (χ1) is 9.42. The average molecular weight is 313 g/mol. The number of nitrogens with zero attached hydrogens (tertiary/aromatic N) is 2. The lowest BCUT2D eigenvalue weighted by atomic mass is 10.4. The third-order valence-corrected chi connectivity index (χ3v) is 5.20. The highest BCUT2D eigenvalue weighted by Crippen LogP contribution is 2.20. The number of hydrogen-bond donors (Lipinski definition) is 3. The molecule has 0 aromatic carbocycles. The van der Waals surface area contributed by atoms with Crippen molar-refractivity contribution in [3.05, 3.63) is 34.4 Å². The summed E-state index contributed by atoms with van der Waals surface area (Å²) in [6, 6.07) is 2.53. The van der Waals surface area contributed by atoms with Gasteiger partial charge in [-0.15, -0.1) is 11.3 Å². The van der Waals surface area contributed by atoms with Crippen molar-refractivity contribution in [3.8, 4) is 0 Å². The zero-order chi connectivity index (χ0) is 14.8. The van der Waals surface area contributed by atoms with Gasteiger partial charge in [-0.05, 0) is 26.0 Å². The van der Waals surface area contributed by atoms with E-state index in [1.807, 2.05) is 12.3 Å². The van der Waals surface area contributed by atoms with E-state index >= 15 is 0 Å². The van der Waals surface area contributed by atoms with Crippen LogP contribution in [-0.4, -0.2) is 18.4 Å². The molecule has 108 valence electrons. The number of rotatable bonds is 5. The molecule has 0 amide bonds. The first kappa shape index (κ1) is 14.9. The molecule has 7 nitrogen and oxygen atoms in total. The van der Waals surface area contributed by atoms with Crippen LogP contribution in [0.15, 0.2) is 28.6 Å². The molecule has 0 aliphatic heterocycles. The molecule has 1 atom stereocenters. The maximum absolute atomic E-state index is 12.2. The second-order valence-corrected chi connectivity index (χ2v) is 6.80. The van der Waals surface area contributed by atoms with E-state index in [9.17, 15) is 8.42 Å². The monoisotopic (exact) mass is 313 g/mol. The van der Waals surface area contributed by atoms with Crippen molar-refractivity contribution < 1.29 is 8.42 Å². The molecule has 0 radical (unpaired) electrons. The fourth-order valence-electron chi connectivity index (χ4n) is 1.55. The predicted octanol–water partition coefficient (Wildman–Crippen LogP) is 1.17. The molecule has 2 aromatic heterocycles. The van der Waals surface area contributed by atoms with E-state index in [1.165, 1.54) is 29.7 Å². The largest absolute Gasteiger partial charge is 0.308 e. The number of aromatic nitrogens is 2. The van der Waals surface area contributed by atoms with Gasteiger partial charge in [0.05, 0.1) is 6.04 Å². The van der Waals surface area contributed by atoms with Crippen LogP contribution in [0.4, 0.5) is 5.82 Å². The standard InChI is InChI=1S/C11H15N5O2S2/c1-7-6-19-11(14-7)8(2)16-20(17,18)9-3-4-10(15-12)13-5-9/h3-6,8,16H,12H2,1-2H3,(H,13,15). The van der Waals surface area contributed by atoms with Crippen LogP contribution in [-0.2, 0) is 10.0 Å². The van der Waals surface area contributed by atoms with Gasteiger partial charge in [0, 0.05) is 17.3 Å². The van der Waals surface area contributed by atoms with E-state index in [1.54, 1.807) is 6.92 Å². The summed E-state index contributed by atoms with van der Waals surface area (Å²) in [7, 11) is -3.64. The van der Waals surface area contributed by atoms with Gasteiger partial charge >= 0.3 is 0 Å². The van der Waals surface area contributed by atoms with Gasteiger partial charge in [0.25, 0.3) is 0 Å². The van der Waals surface area contributed by atoms with Crippen molar-refractivity contribution in [2.24, 2.45) is 5.84 Å². The summed E-state index contributed by atoms with van der Waals surface area (Å²) in [5.41, 5.74) is 3.21. The summed E-state index contributed by atoms with van der Waals surface area (Å²) >= 11 is 1.42. The number of nitrogens with two attached hydrogens (primary N) is 1. The number of hydrazine groups is 1. The molecule has 0 aliphatic carbocycles. The number of aryl methyl sites for hydroxylation is 1. The molecule has 1 unspecified atom stereocenters. The molecule has 0 saturated carbocycles.